The van der Waals surface area contributed by atoms with Crippen LogP contribution in [-0.4, -0.2) is 20.1 Å². The van der Waals surface area contributed by atoms with Gasteiger partial charge in [-0.15, -0.1) is 0 Å². The molecule has 6 heteroatoms. The van der Waals surface area contributed by atoms with E-state index in [4.69, 9.17) is 0 Å². The molecule has 0 aliphatic rings. The van der Waals surface area contributed by atoms with Gasteiger partial charge in [-0.25, -0.2) is 0 Å². The second-order valence-electron chi connectivity index (χ2n) is 1.94. The maximum Gasteiger partial charge on any atom is 0.762 e. The van der Waals surface area contributed by atoms with Crippen LogP contribution >= 0.6 is 0 Å². The fraction of sp³-hybridized carbons (Fsp3) is 0.833. The summed E-state index contributed by atoms with van der Waals surface area (Å²) < 4.78 is 33.6. The molecule has 2 nitrogen and oxygen atoms in total. The third kappa shape index (κ3) is 34.6. The molecule has 0 rings (SSSR count). The van der Waals surface area contributed by atoms with Crippen molar-refractivity contribution in [1.29, 1.82) is 0 Å². The van der Waals surface area contributed by atoms with E-state index in [1.165, 1.54) is 6.92 Å². The van der Waals surface area contributed by atoms with E-state index in [0.717, 1.165) is 12.8 Å². The molecule has 0 spiro atoms. The highest BCUT2D eigenvalue weighted by Crippen LogP contribution is 1.86. The lowest BCUT2D eigenvalue weighted by Crippen LogP contribution is -1.99. The van der Waals surface area contributed by atoms with Crippen molar-refractivity contribution < 1.29 is 22.5 Å². The predicted octanol–water partition coefficient (Wildman–Crippen LogP) is 2.23. The number of esters is 1. The third-order valence-corrected chi connectivity index (χ3v) is 0.803. The minimum atomic E-state index is -3.67. The molecule has 0 amide bonds. The Balaban J connectivity index is 0. The van der Waals surface area contributed by atoms with Crippen molar-refractivity contribution in [2.45, 2.75) is 26.7 Å². The summed E-state index contributed by atoms with van der Waals surface area (Å²) in [5.74, 6) is -0.182. The van der Waals surface area contributed by atoms with E-state index in [9.17, 15) is 17.7 Å². The average Bonchev–Trinajstić information content (AvgIpc) is 1.86. The molecule has 0 unspecified atom stereocenters. The molecular formula is C6H12BF3O2. The van der Waals surface area contributed by atoms with Gasteiger partial charge in [0.05, 0.1) is 6.61 Å². The standard InChI is InChI=1S/C6H12O2.BF3/c1-3-4-5-8-6(2)7;2-1(3)4/h3-5H2,1-2H3;. The van der Waals surface area contributed by atoms with E-state index in [2.05, 4.69) is 11.7 Å². The molecule has 0 saturated heterocycles. The van der Waals surface area contributed by atoms with Crippen LogP contribution in [-0.2, 0) is 9.53 Å². The second kappa shape index (κ2) is 10.3. The van der Waals surface area contributed by atoms with Gasteiger partial charge in [-0.2, -0.15) is 0 Å². The molecule has 0 radical (unpaired) electrons. The van der Waals surface area contributed by atoms with Crippen molar-refractivity contribution >= 4 is 13.5 Å². The lowest BCUT2D eigenvalue weighted by atomic mass is 10.4. The van der Waals surface area contributed by atoms with Gasteiger partial charge in [0.15, 0.2) is 0 Å². The number of unbranched alkanes of at least 4 members (excludes halogenated alkanes) is 1. The molecule has 0 saturated carbocycles. The minimum Gasteiger partial charge on any atom is -0.466 e. The van der Waals surface area contributed by atoms with Crippen LogP contribution in [0.3, 0.4) is 0 Å². The smallest absolute Gasteiger partial charge is 0.466 e. The number of rotatable bonds is 3. The van der Waals surface area contributed by atoms with Gasteiger partial charge in [0.25, 0.3) is 0 Å². The number of halogens is 3. The number of hydrogen-bond acceptors (Lipinski definition) is 2. The zero-order valence-corrected chi connectivity index (χ0v) is 7.15. The lowest BCUT2D eigenvalue weighted by Gasteiger charge is -1.96. The van der Waals surface area contributed by atoms with E-state index < -0.39 is 7.54 Å². The molecule has 0 heterocycles. The summed E-state index contributed by atoms with van der Waals surface area (Å²) in [5, 5.41) is 0. The van der Waals surface area contributed by atoms with Crippen LogP contribution < -0.4 is 0 Å². The van der Waals surface area contributed by atoms with Crippen LogP contribution in [0.2, 0.25) is 0 Å². The molecule has 0 aromatic rings. The van der Waals surface area contributed by atoms with Gasteiger partial charge in [0.2, 0.25) is 0 Å². The summed E-state index contributed by atoms with van der Waals surface area (Å²) in [7, 11) is -3.67. The summed E-state index contributed by atoms with van der Waals surface area (Å²) in [4.78, 5) is 10.1. The number of ether oxygens (including phenoxy) is 1. The van der Waals surface area contributed by atoms with Gasteiger partial charge in [-0.1, -0.05) is 13.3 Å². The molecule has 0 aromatic carbocycles. The zero-order valence-electron chi connectivity index (χ0n) is 7.15. The van der Waals surface area contributed by atoms with E-state index >= 15 is 0 Å². The van der Waals surface area contributed by atoms with Crippen LogP contribution in [0.5, 0.6) is 0 Å². The van der Waals surface area contributed by atoms with E-state index in [1.807, 2.05) is 0 Å². The molecule has 0 atom stereocenters. The highest BCUT2D eigenvalue weighted by molar-refractivity contribution is 6.33. The second-order valence-corrected chi connectivity index (χ2v) is 1.94. The predicted molar refractivity (Wildman–Crippen MR) is 40.6 cm³/mol. The van der Waals surface area contributed by atoms with Crippen LogP contribution in [0.1, 0.15) is 26.7 Å². The highest BCUT2D eigenvalue weighted by atomic mass is 19.4. The fourth-order valence-corrected chi connectivity index (χ4v) is 0.360. The Morgan fingerprint density at radius 2 is 1.83 bits per heavy atom. The van der Waals surface area contributed by atoms with Crippen LogP contribution in [0.4, 0.5) is 12.9 Å². The molecule has 12 heavy (non-hydrogen) atoms. The zero-order chi connectivity index (χ0) is 9.98. The Morgan fingerprint density at radius 1 is 1.42 bits per heavy atom. The Morgan fingerprint density at radius 3 is 2.08 bits per heavy atom. The topological polar surface area (TPSA) is 26.3 Å². The Labute approximate surface area is 70.3 Å². The van der Waals surface area contributed by atoms with E-state index in [0.29, 0.717) is 6.61 Å². The van der Waals surface area contributed by atoms with Crippen molar-refractivity contribution in [3.8, 4) is 0 Å². The Kier molecular flexibility index (Phi) is 11.9. The van der Waals surface area contributed by atoms with Crippen LogP contribution in [0, 0.1) is 0 Å². The molecule has 0 bridgehead atoms. The quantitative estimate of drug-likeness (QED) is 0.381. The van der Waals surface area contributed by atoms with E-state index in [-0.39, 0.29) is 5.97 Å². The van der Waals surface area contributed by atoms with E-state index in [1.54, 1.807) is 0 Å². The van der Waals surface area contributed by atoms with Gasteiger partial charge in [0.1, 0.15) is 0 Å². The van der Waals surface area contributed by atoms with Crippen molar-refractivity contribution in [2.75, 3.05) is 6.61 Å². The first-order valence-corrected chi connectivity index (χ1v) is 3.56. The first kappa shape index (κ1) is 13.9. The summed E-state index contributed by atoms with van der Waals surface area (Å²) in [5.41, 5.74) is 0. The third-order valence-electron chi connectivity index (χ3n) is 0.803. The summed E-state index contributed by atoms with van der Waals surface area (Å²) in [6.45, 7) is 4.06. The summed E-state index contributed by atoms with van der Waals surface area (Å²) >= 11 is 0. The van der Waals surface area contributed by atoms with Crippen molar-refractivity contribution in [1.82, 2.24) is 0 Å². The minimum absolute atomic E-state index is 0.182. The largest absolute Gasteiger partial charge is 0.762 e. The van der Waals surface area contributed by atoms with Gasteiger partial charge in [-0.3, -0.25) is 17.7 Å². The van der Waals surface area contributed by atoms with Crippen molar-refractivity contribution in [3.63, 3.8) is 0 Å². The highest BCUT2D eigenvalue weighted by Gasteiger charge is 2.06. The first-order chi connectivity index (χ1) is 5.50. The van der Waals surface area contributed by atoms with Crippen LogP contribution in [0.15, 0.2) is 0 Å². The molecular weight excluding hydrogens is 172 g/mol. The van der Waals surface area contributed by atoms with Gasteiger partial charge < -0.3 is 4.74 Å². The summed E-state index contributed by atoms with van der Waals surface area (Å²) in [6.07, 6.45) is 2.05. The van der Waals surface area contributed by atoms with Gasteiger partial charge in [0, 0.05) is 6.92 Å². The Hall–Kier alpha value is -0.675. The number of carbonyl (C=O) groups excluding carboxylic acids is 1. The Bertz CT molecular complexity index is 108. The van der Waals surface area contributed by atoms with Gasteiger partial charge in [-0.05, 0) is 6.42 Å². The maximum atomic E-state index is 10.1. The average molecular weight is 184 g/mol. The molecule has 0 aromatic heterocycles. The lowest BCUT2D eigenvalue weighted by molar-refractivity contribution is -0.141. The van der Waals surface area contributed by atoms with Crippen LogP contribution in [0.25, 0.3) is 0 Å². The SMILES string of the molecule is CCCCOC(C)=O.FB(F)F. The molecule has 0 aliphatic carbocycles. The number of carbonyl (C=O) groups is 1. The normalized spacial score (nSPS) is 8.08. The first-order valence-electron chi connectivity index (χ1n) is 3.56. The molecule has 0 fully saturated rings. The summed E-state index contributed by atoms with van der Waals surface area (Å²) in [6, 6.07) is 0. The van der Waals surface area contributed by atoms with Crippen molar-refractivity contribution in [3.05, 3.63) is 0 Å². The monoisotopic (exact) mass is 184 g/mol. The molecule has 0 N–H and O–H groups in total. The molecule has 0 aliphatic heterocycles. The molecule has 72 valence electrons. The van der Waals surface area contributed by atoms with Crippen molar-refractivity contribution in [2.24, 2.45) is 0 Å². The maximum absolute atomic E-state index is 10.1. The fourth-order valence-electron chi connectivity index (χ4n) is 0.360. The number of hydrogen-bond donors (Lipinski definition) is 0. The van der Waals surface area contributed by atoms with Gasteiger partial charge >= 0.3 is 13.5 Å².